The lowest BCUT2D eigenvalue weighted by Gasteiger charge is -2.24. The summed E-state index contributed by atoms with van der Waals surface area (Å²) < 4.78 is 5.99. The van der Waals surface area contributed by atoms with Crippen LogP contribution in [0.4, 0.5) is 11.5 Å². The smallest absolute Gasteiger partial charge is 0.161 e. The highest BCUT2D eigenvalue weighted by molar-refractivity contribution is 7.19. The molecule has 0 amide bonds. The monoisotopic (exact) mass is 424 g/mol. The molecule has 3 heterocycles. The molecule has 158 valence electrons. The number of benzene rings is 1. The molecule has 1 fully saturated rings. The number of anilines is 2. The highest BCUT2D eigenvalue weighted by Crippen LogP contribution is 2.33. The number of fused-ring (bicyclic) bond motifs is 1. The van der Waals surface area contributed by atoms with Crippen molar-refractivity contribution in [2.24, 2.45) is 0 Å². The Balaban J connectivity index is 1.59. The van der Waals surface area contributed by atoms with Gasteiger partial charge in [-0.3, -0.25) is 0 Å². The lowest BCUT2D eigenvalue weighted by atomic mass is 10.1. The molecule has 0 bridgehead atoms. The molecule has 0 saturated carbocycles. The van der Waals surface area contributed by atoms with E-state index in [9.17, 15) is 0 Å². The number of aromatic nitrogens is 3. The van der Waals surface area contributed by atoms with Gasteiger partial charge < -0.3 is 20.7 Å². The molecule has 0 radical (unpaired) electrons. The zero-order valence-corrected chi connectivity index (χ0v) is 18.5. The van der Waals surface area contributed by atoms with Gasteiger partial charge in [-0.2, -0.15) is 0 Å². The number of nitrogens with zero attached hydrogens (tertiary/aromatic N) is 3. The summed E-state index contributed by atoms with van der Waals surface area (Å²) in [6.45, 7) is 12.4. The average molecular weight is 425 g/mol. The number of nitrogens with one attached hydrogen (secondary N) is 3. The van der Waals surface area contributed by atoms with Crippen molar-refractivity contribution in [1.82, 2.24) is 25.6 Å². The summed E-state index contributed by atoms with van der Waals surface area (Å²) in [7, 11) is 0. The minimum Gasteiger partial charge on any atom is -0.489 e. The molecule has 2 aromatic heterocycles. The molecule has 30 heavy (non-hydrogen) atoms. The minimum atomic E-state index is 0.0769. The van der Waals surface area contributed by atoms with E-state index in [4.69, 9.17) is 9.72 Å². The van der Waals surface area contributed by atoms with Crippen LogP contribution in [0.1, 0.15) is 37.3 Å². The van der Waals surface area contributed by atoms with Crippen LogP contribution < -0.4 is 20.7 Å². The van der Waals surface area contributed by atoms with E-state index in [-0.39, 0.29) is 6.10 Å². The van der Waals surface area contributed by atoms with E-state index >= 15 is 0 Å². The highest BCUT2D eigenvalue weighted by Gasteiger charge is 2.18. The predicted octanol–water partition coefficient (Wildman–Crippen LogP) is 4.24. The molecule has 0 atom stereocenters. The SMILES string of the molecule is C=C(NC1CCNCC1)c1nc2c(Nc3ccc(C)cc3OC(C)C)ncnc2s1. The Hall–Kier alpha value is -2.71. The van der Waals surface area contributed by atoms with Gasteiger partial charge in [-0.05, 0) is 64.4 Å². The first-order valence-electron chi connectivity index (χ1n) is 10.3. The quantitative estimate of drug-likeness (QED) is 0.523. The van der Waals surface area contributed by atoms with Crippen molar-refractivity contribution in [2.75, 3.05) is 18.4 Å². The zero-order chi connectivity index (χ0) is 21.1. The fourth-order valence-electron chi connectivity index (χ4n) is 3.46. The number of aryl methyl sites for hydroxylation is 1. The molecule has 3 aromatic rings. The van der Waals surface area contributed by atoms with Gasteiger partial charge in [-0.25, -0.2) is 15.0 Å². The maximum Gasteiger partial charge on any atom is 0.161 e. The third kappa shape index (κ3) is 4.71. The molecular weight excluding hydrogens is 396 g/mol. The van der Waals surface area contributed by atoms with Crippen molar-refractivity contribution in [3.05, 3.63) is 41.7 Å². The van der Waals surface area contributed by atoms with Crippen LogP contribution >= 0.6 is 11.3 Å². The number of thiazole rings is 1. The Bertz CT molecular complexity index is 1040. The average Bonchev–Trinajstić information content (AvgIpc) is 3.16. The van der Waals surface area contributed by atoms with Crippen LogP contribution in [-0.2, 0) is 0 Å². The maximum atomic E-state index is 5.99. The van der Waals surface area contributed by atoms with E-state index in [0.29, 0.717) is 11.9 Å². The zero-order valence-electron chi connectivity index (χ0n) is 17.7. The first kappa shape index (κ1) is 20.6. The highest BCUT2D eigenvalue weighted by atomic mass is 32.1. The fraction of sp³-hybridized carbons (Fsp3) is 0.409. The van der Waals surface area contributed by atoms with Crippen molar-refractivity contribution >= 4 is 38.9 Å². The van der Waals surface area contributed by atoms with Gasteiger partial charge in [0.1, 0.15) is 27.4 Å². The van der Waals surface area contributed by atoms with Crippen molar-refractivity contribution < 1.29 is 4.74 Å². The minimum absolute atomic E-state index is 0.0769. The molecule has 1 aliphatic heterocycles. The molecular formula is C22H28N6OS. The molecule has 7 nitrogen and oxygen atoms in total. The second-order valence-corrected chi connectivity index (χ2v) is 8.81. The van der Waals surface area contributed by atoms with Crippen molar-refractivity contribution in [2.45, 2.75) is 45.8 Å². The lowest BCUT2D eigenvalue weighted by Crippen LogP contribution is -2.38. The van der Waals surface area contributed by atoms with Gasteiger partial charge in [0.2, 0.25) is 0 Å². The summed E-state index contributed by atoms with van der Waals surface area (Å²) >= 11 is 1.52. The van der Waals surface area contributed by atoms with Gasteiger partial charge in [-0.1, -0.05) is 24.0 Å². The van der Waals surface area contributed by atoms with Gasteiger partial charge in [0.15, 0.2) is 5.82 Å². The van der Waals surface area contributed by atoms with Crippen LogP contribution in [0.15, 0.2) is 31.1 Å². The van der Waals surface area contributed by atoms with E-state index in [2.05, 4.69) is 32.5 Å². The van der Waals surface area contributed by atoms with Crippen molar-refractivity contribution in [3.63, 3.8) is 0 Å². The van der Waals surface area contributed by atoms with Crippen LogP contribution in [-0.4, -0.2) is 40.2 Å². The van der Waals surface area contributed by atoms with Gasteiger partial charge in [0, 0.05) is 6.04 Å². The van der Waals surface area contributed by atoms with Crippen LogP contribution in [0.2, 0.25) is 0 Å². The summed E-state index contributed by atoms with van der Waals surface area (Å²) in [5.41, 5.74) is 3.58. The predicted molar refractivity (Wildman–Crippen MR) is 123 cm³/mol. The second-order valence-electron chi connectivity index (χ2n) is 7.83. The summed E-state index contributed by atoms with van der Waals surface area (Å²) in [5.74, 6) is 1.46. The molecule has 3 N–H and O–H groups in total. The van der Waals surface area contributed by atoms with Crippen molar-refractivity contribution in [1.29, 1.82) is 0 Å². The molecule has 1 aliphatic rings. The topological polar surface area (TPSA) is 84.0 Å². The van der Waals surface area contributed by atoms with Crippen LogP contribution in [0.3, 0.4) is 0 Å². The molecule has 0 aliphatic carbocycles. The van der Waals surface area contributed by atoms with Crippen LogP contribution in [0.5, 0.6) is 5.75 Å². The first-order chi connectivity index (χ1) is 14.5. The second kappa shape index (κ2) is 8.97. The van der Waals surface area contributed by atoms with Gasteiger partial charge in [0.05, 0.1) is 17.5 Å². The third-order valence-corrected chi connectivity index (χ3v) is 5.95. The Labute approximate surface area is 181 Å². The van der Waals surface area contributed by atoms with E-state index in [1.807, 2.05) is 39.0 Å². The summed E-state index contributed by atoms with van der Waals surface area (Å²) in [6, 6.07) is 6.51. The van der Waals surface area contributed by atoms with Gasteiger partial charge in [-0.15, -0.1) is 0 Å². The Morgan fingerprint density at radius 3 is 2.83 bits per heavy atom. The van der Waals surface area contributed by atoms with E-state index in [0.717, 1.165) is 64.0 Å². The largest absolute Gasteiger partial charge is 0.489 e. The maximum absolute atomic E-state index is 5.99. The molecule has 4 rings (SSSR count). The normalized spacial score (nSPS) is 14.8. The number of hydrogen-bond acceptors (Lipinski definition) is 8. The standard InChI is InChI=1S/C22H28N6OS/c1-13(2)29-18-11-14(3)5-6-17(18)27-20-19-22(25-12-24-20)30-21(28-19)15(4)26-16-7-9-23-10-8-16/h5-6,11-13,16,23,26H,4,7-10H2,1-3H3,(H,24,25,27). The van der Waals surface area contributed by atoms with Crippen LogP contribution in [0.25, 0.3) is 16.0 Å². The first-order valence-corrected chi connectivity index (χ1v) is 11.1. The third-order valence-electron chi connectivity index (χ3n) is 4.92. The van der Waals surface area contributed by atoms with Crippen molar-refractivity contribution in [3.8, 4) is 5.75 Å². The van der Waals surface area contributed by atoms with Gasteiger partial charge in [0.25, 0.3) is 0 Å². The van der Waals surface area contributed by atoms with E-state index < -0.39 is 0 Å². The fourth-order valence-corrected chi connectivity index (χ4v) is 4.30. The van der Waals surface area contributed by atoms with Gasteiger partial charge >= 0.3 is 0 Å². The van der Waals surface area contributed by atoms with E-state index in [1.54, 1.807) is 6.33 Å². The Morgan fingerprint density at radius 1 is 1.27 bits per heavy atom. The van der Waals surface area contributed by atoms with Crippen LogP contribution in [0, 0.1) is 6.92 Å². The molecule has 0 unspecified atom stereocenters. The number of ether oxygens (including phenoxy) is 1. The molecule has 8 heteroatoms. The number of piperidine rings is 1. The number of rotatable bonds is 7. The summed E-state index contributed by atoms with van der Waals surface area (Å²) in [6.07, 6.45) is 3.81. The lowest BCUT2D eigenvalue weighted by molar-refractivity contribution is 0.243. The summed E-state index contributed by atoms with van der Waals surface area (Å²) in [4.78, 5) is 14.5. The summed E-state index contributed by atoms with van der Waals surface area (Å²) in [5, 5.41) is 11.1. The Kier molecular flexibility index (Phi) is 6.15. The van der Waals surface area contributed by atoms with E-state index in [1.165, 1.54) is 11.3 Å². The molecule has 1 saturated heterocycles. The Morgan fingerprint density at radius 2 is 2.07 bits per heavy atom. The molecule has 1 aromatic carbocycles. The number of hydrogen-bond donors (Lipinski definition) is 3. The molecule has 0 spiro atoms.